The van der Waals surface area contributed by atoms with Crippen LogP contribution in [0.4, 0.5) is 9.18 Å². The molecular formula is C32H36FN5O4S. The van der Waals surface area contributed by atoms with Crippen LogP contribution in [0.3, 0.4) is 0 Å². The lowest BCUT2D eigenvalue weighted by Gasteiger charge is -2.33. The smallest absolute Gasteiger partial charge is 0.410 e. The maximum Gasteiger partial charge on any atom is 0.410 e. The summed E-state index contributed by atoms with van der Waals surface area (Å²) >= 11 is 1.27. The highest BCUT2D eigenvalue weighted by molar-refractivity contribution is 7.09. The van der Waals surface area contributed by atoms with Gasteiger partial charge in [0, 0.05) is 30.4 Å². The van der Waals surface area contributed by atoms with Crippen molar-refractivity contribution < 1.29 is 18.7 Å². The molecule has 9 nitrogen and oxygen atoms in total. The molecule has 226 valence electrons. The van der Waals surface area contributed by atoms with E-state index in [1.165, 1.54) is 22.2 Å². The summed E-state index contributed by atoms with van der Waals surface area (Å²) in [7, 11) is 0. The van der Waals surface area contributed by atoms with Gasteiger partial charge in [0.1, 0.15) is 5.60 Å². The Hall–Kier alpha value is -4.12. The van der Waals surface area contributed by atoms with E-state index in [0.717, 1.165) is 34.5 Å². The highest BCUT2D eigenvalue weighted by Crippen LogP contribution is 2.28. The van der Waals surface area contributed by atoms with Crippen molar-refractivity contribution >= 4 is 17.6 Å². The Morgan fingerprint density at radius 3 is 2.49 bits per heavy atom. The van der Waals surface area contributed by atoms with E-state index in [4.69, 9.17) is 9.47 Å². The number of likely N-dealkylation sites (tertiary alicyclic amines) is 1. The van der Waals surface area contributed by atoms with E-state index in [2.05, 4.69) is 14.3 Å². The van der Waals surface area contributed by atoms with Gasteiger partial charge in [-0.25, -0.2) is 19.2 Å². The van der Waals surface area contributed by atoms with Gasteiger partial charge in [-0.3, -0.25) is 4.79 Å². The van der Waals surface area contributed by atoms with Crippen molar-refractivity contribution in [3.05, 3.63) is 82.4 Å². The normalized spacial score (nSPS) is 14.9. The zero-order chi connectivity index (χ0) is 30.7. The van der Waals surface area contributed by atoms with Crippen LogP contribution in [0.2, 0.25) is 0 Å². The highest BCUT2D eigenvalue weighted by Gasteiger charge is 2.27. The summed E-state index contributed by atoms with van der Waals surface area (Å²) < 4.78 is 31.8. The molecule has 0 radical (unpaired) electrons. The number of pyridine rings is 1. The molecule has 3 aromatic heterocycles. The quantitative estimate of drug-likeness (QED) is 0.237. The summed E-state index contributed by atoms with van der Waals surface area (Å²) in [5.74, 6) is 0.599. The molecule has 1 amide bonds. The van der Waals surface area contributed by atoms with Gasteiger partial charge < -0.3 is 18.9 Å². The average molecular weight is 606 g/mol. The summed E-state index contributed by atoms with van der Waals surface area (Å²) in [6, 6.07) is 10.3. The summed E-state index contributed by atoms with van der Waals surface area (Å²) in [6.07, 6.45) is 6.38. The van der Waals surface area contributed by atoms with Crippen molar-refractivity contribution in [3.63, 3.8) is 0 Å². The van der Waals surface area contributed by atoms with Crippen LogP contribution in [-0.4, -0.2) is 55.2 Å². The maximum atomic E-state index is 14.7. The molecule has 0 bridgehead atoms. The average Bonchev–Trinajstić information content (AvgIpc) is 3.43. The molecule has 4 aromatic rings. The zero-order valence-corrected chi connectivity index (χ0v) is 25.9. The molecule has 1 aliphatic heterocycles. The van der Waals surface area contributed by atoms with Crippen molar-refractivity contribution in [2.24, 2.45) is 5.92 Å². The van der Waals surface area contributed by atoms with Crippen LogP contribution in [0, 0.1) is 18.7 Å². The van der Waals surface area contributed by atoms with E-state index in [0.29, 0.717) is 42.8 Å². The van der Waals surface area contributed by atoms with Gasteiger partial charge in [-0.1, -0.05) is 18.2 Å². The number of ether oxygens (including phenoxy) is 2. The van der Waals surface area contributed by atoms with Gasteiger partial charge in [0.25, 0.3) is 5.56 Å². The summed E-state index contributed by atoms with van der Waals surface area (Å²) in [5, 5.41) is 0. The van der Waals surface area contributed by atoms with Gasteiger partial charge in [-0.15, -0.1) is 0 Å². The van der Waals surface area contributed by atoms with Crippen molar-refractivity contribution in [1.29, 1.82) is 0 Å². The number of rotatable bonds is 7. The third-order valence-electron chi connectivity index (χ3n) is 7.34. The lowest BCUT2D eigenvalue weighted by molar-refractivity contribution is 0.0165. The first-order chi connectivity index (χ1) is 20.5. The van der Waals surface area contributed by atoms with Crippen molar-refractivity contribution in [1.82, 2.24) is 23.8 Å². The predicted molar refractivity (Wildman–Crippen MR) is 164 cm³/mol. The summed E-state index contributed by atoms with van der Waals surface area (Å²) in [6.45, 7) is 11.1. The monoisotopic (exact) mass is 605 g/mol. The molecule has 1 fully saturated rings. The Kier molecular flexibility index (Phi) is 8.91. The van der Waals surface area contributed by atoms with E-state index in [9.17, 15) is 14.0 Å². The summed E-state index contributed by atoms with van der Waals surface area (Å²) in [4.78, 5) is 36.6. The predicted octanol–water partition coefficient (Wildman–Crippen LogP) is 6.51. The first-order valence-electron chi connectivity index (χ1n) is 14.4. The molecule has 5 rings (SSSR count). The first kappa shape index (κ1) is 30.3. The lowest BCUT2D eigenvalue weighted by Crippen LogP contribution is -2.42. The van der Waals surface area contributed by atoms with Gasteiger partial charge in [-0.05, 0) is 88.7 Å². The van der Waals surface area contributed by atoms with E-state index in [1.807, 2.05) is 65.0 Å². The Morgan fingerprint density at radius 1 is 1.12 bits per heavy atom. The number of nitrogens with zero attached hydrogens (tertiary/aromatic N) is 5. The fraction of sp³-hybridized carbons (Fsp3) is 0.406. The molecule has 1 saturated heterocycles. The van der Waals surface area contributed by atoms with Crippen molar-refractivity contribution in [2.45, 2.75) is 59.1 Å². The Labute approximate surface area is 254 Å². The SMILES string of the molecule is Cc1cc(-c2cc(F)c(=O)n([C@H](C)c3cccc(-c4ncc(OCC5CCN(C(=O)OC(C)(C)C)CC5)cn4)c3)c2)sn1. The van der Waals surface area contributed by atoms with Crippen molar-refractivity contribution in [3.8, 4) is 27.6 Å². The second-order valence-electron chi connectivity index (χ2n) is 11.9. The maximum absolute atomic E-state index is 14.7. The fourth-order valence-corrected chi connectivity index (χ4v) is 5.69. The van der Waals surface area contributed by atoms with Gasteiger partial charge in [0.2, 0.25) is 0 Å². The molecule has 0 saturated carbocycles. The second kappa shape index (κ2) is 12.6. The van der Waals surface area contributed by atoms with Crippen LogP contribution < -0.4 is 10.3 Å². The molecule has 0 unspecified atom stereocenters. The van der Waals surface area contributed by atoms with Crippen molar-refractivity contribution in [2.75, 3.05) is 19.7 Å². The first-order valence-corrected chi connectivity index (χ1v) is 15.1. The molecule has 43 heavy (non-hydrogen) atoms. The highest BCUT2D eigenvalue weighted by atomic mass is 32.1. The molecule has 1 aromatic carbocycles. The number of benzene rings is 1. The standard InChI is InChI=1S/C32H36FN5O4S/c1-20-13-28(43-36-20)25-15-27(33)30(39)38(18-25)21(2)23-7-6-8-24(14-23)29-34-16-26(17-35-29)41-19-22-9-11-37(12-10-22)31(40)42-32(3,4)5/h6-8,13-18,21-22H,9-12,19H2,1-5H3/t21-/m1/s1. The largest absolute Gasteiger partial charge is 0.490 e. The Balaban J connectivity index is 1.22. The molecule has 1 aliphatic rings. The van der Waals surface area contributed by atoms with Crippen LogP contribution in [-0.2, 0) is 4.74 Å². The molecule has 0 spiro atoms. The molecule has 0 aliphatic carbocycles. The van der Waals surface area contributed by atoms with Gasteiger partial charge in [0.15, 0.2) is 17.4 Å². The second-order valence-corrected chi connectivity index (χ2v) is 12.7. The van der Waals surface area contributed by atoms with E-state index in [-0.39, 0.29) is 6.09 Å². The van der Waals surface area contributed by atoms with Crippen LogP contribution in [0.15, 0.2) is 59.8 Å². The Morgan fingerprint density at radius 2 is 1.84 bits per heavy atom. The topological polar surface area (TPSA) is 99.4 Å². The molecular weight excluding hydrogens is 569 g/mol. The van der Waals surface area contributed by atoms with Crippen LogP contribution >= 0.6 is 11.5 Å². The van der Waals surface area contributed by atoms with Gasteiger partial charge in [0.05, 0.1) is 35.6 Å². The third-order valence-corrected chi connectivity index (χ3v) is 8.27. The number of piperidine rings is 1. The molecule has 4 heterocycles. The third kappa shape index (κ3) is 7.45. The number of halogens is 1. The minimum absolute atomic E-state index is 0.270. The zero-order valence-electron chi connectivity index (χ0n) is 25.0. The number of hydrogen-bond acceptors (Lipinski definition) is 8. The van der Waals surface area contributed by atoms with Gasteiger partial charge in [-0.2, -0.15) is 4.37 Å². The fourth-order valence-electron chi connectivity index (χ4n) is 4.95. The van der Waals surface area contributed by atoms with E-state index < -0.39 is 23.0 Å². The number of carbonyl (C=O) groups is 1. The minimum atomic E-state index is -0.806. The van der Waals surface area contributed by atoms with E-state index >= 15 is 0 Å². The number of aromatic nitrogens is 4. The Bertz CT molecular complexity index is 1640. The van der Waals surface area contributed by atoms with Crippen LogP contribution in [0.25, 0.3) is 21.8 Å². The number of amides is 1. The number of carbonyl (C=O) groups excluding carboxylic acids is 1. The van der Waals surface area contributed by atoms with Crippen LogP contribution in [0.5, 0.6) is 5.75 Å². The molecule has 0 N–H and O–H groups in total. The minimum Gasteiger partial charge on any atom is -0.490 e. The lowest BCUT2D eigenvalue weighted by atomic mass is 9.98. The number of hydrogen-bond donors (Lipinski definition) is 0. The molecule has 1 atom stereocenters. The van der Waals surface area contributed by atoms with E-state index in [1.54, 1.807) is 23.5 Å². The van der Waals surface area contributed by atoms with Crippen LogP contribution in [0.1, 0.15) is 57.8 Å². The van der Waals surface area contributed by atoms with Gasteiger partial charge >= 0.3 is 6.09 Å². The summed E-state index contributed by atoms with van der Waals surface area (Å²) in [5.41, 5.74) is 1.85. The number of aryl methyl sites for hydroxylation is 1. The molecule has 11 heteroatoms.